The molecule has 1 radical (unpaired) electrons. The van der Waals surface area contributed by atoms with Crippen molar-refractivity contribution in [3.63, 3.8) is 0 Å². The Hall–Kier alpha value is 1.54. The summed E-state index contributed by atoms with van der Waals surface area (Å²) in [5, 5.41) is 1.08. The maximum Gasteiger partial charge on any atom is 0.00425 e. The minimum absolute atomic E-state index is 0. The monoisotopic (exact) mass is 253 g/mol. The molecule has 0 rings (SSSR count). The van der Waals surface area contributed by atoms with Crippen LogP contribution in [0, 0.1) is 7.05 Å². The van der Waals surface area contributed by atoms with E-state index in [0.29, 0.717) is 0 Å². The van der Waals surface area contributed by atoms with Crippen LogP contribution in [-0.2, 0) is 32.7 Å². The van der Waals surface area contributed by atoms with Gasteiger partial charge in [0.2, 0.25) is 0 Å². The molecule has 1 nitrogen and oxygen atoms in total. The first-order valence-electron chi connectivity index (χ1n) is 2.35. The molecule has 0 aliphatic heterocycles. The molecular weight excluding hydrogens is 243 g/mol. The molecule has 0 amide bonds. The Morgan fingerprint density at radius 2 is 2.12 bits per heavy atom. The van der Waals surface area contributed by atoms with Crippen molar-refractivity contribution in [2.75, 3.05) is 18.9 Å². The van der Waals surface area contributed by atoms with Crippen molar-refractivity contribution in [2.24, 2.45) is 0 Å². The summed E-state index contributed by atoms with van der Waals surface area (Å²) in [6, 6.07) is 0. The van der Waals surface area contributed by atoms with Gasteiger partial charge >= 0.3 is 0 Å². The van der Waals surface area contributed by atoms with Crippen LogP contribution in [0.3, 0.4) is 0 Å². The second kappa shape index (κ2) is 8.54. The van der Waals surface area contributed by atoms with Crippen LogP contribution in [0.2, 0.25) is 0 Å². The fraction of sp³-hybridized carbons (Fsp3) is 0.800. The number of rotatable bonds is 3. The SMILES string of the molecule is [CH2-]N(C)CCCBr.[Y]. The van der Waals surface area contributed by atoms with Crippen molar-refractivity contribution in [1.82, 2.24) is 4.90 Å². The van der Waals surface area contributed by atoms with E-state index in [9.17, 15) is 0 Å². The van der Waals surface area contributed by atoms with Crippen LogP contribution >= 0.6 is 15.9 Å². The van der Waals surface area contributed by atoms with Crippen LogP contribution in [0.4, 0.5) is 0 Å². The van der Waals surface area contributed by atoms with E-state index < -0.39 is 0 Å². The zero-order valence-electron chi connectivity index (χ0n) is 5.23. The molecule has 0 aromatic heterocycles. The molecule has 0 atom stereocenters. The fourth-order valence-corrected chi connectivity index (χ4v) is 0.580. The summed E-state index contributed by atoms with van der Waals surface area (Å²) >= 11 is 3.32. The molecule has 0 saturated carbocycles. The first kappa shape index (κ1) is 12.2. The maximum atomic E-state index is 3.69. The fourth-order valence-electron chi connectivity index (χ4n) is 0.330. The number of nitrogens with zero attached hydrogens (tertiary/aromatic N) is 1. The van der Waals surface area contributed by atoms with Crippen molar-refractivity contribution in [2.45, 2.75) is 6.42 Å². The Morgan fingerprint density at radius 3 is 2.25 bits per heavy atom. The van der Waals surface area contributed by atoms with Gasteiger partial charge in [0.1, 0.15) is 0 Å². The Balaban J connectivity index is 0. The van der Waals surface area contributed by atoms with Crippen molar-refractivity contribution in [3.05, 3.63) is 7.05 Å². The summed E-state index contributed by atoms with van der Waals surface area (Å²) in [5.74, 6) is 0. The Bertz CT molecular complexity index is 41.4. The molecule has 0 N–H and O–H groups in total. The van der Waals surface area contributed by atoms with Gasteiger partial charge in [0.05, 0.1) is 0 Å². The topological polar surface area (TPSA) is 3.24 Å². The van der Waals surface area contributed by atoms with E-state index >= 15 is 0 Å². The first-order chi connectivity index (χ1) is 3.27. The number of hydrogen-bond donors (Lipinski definition) is 0. The van der Waals surface area contributed by atoms with Crippen LogP contribution in [0.1, 0.15) is 6.42 Å². The Morgan fingerprint density at radius 1 is 1.62 bits per heavy atom. The van der Waals surface area contributed by atoms with E-state index in [1.165, 1.54) is 6.42 Å². The summed E-state index contributed by atoms with van der Waals surface area (Å²) < 4.78 is 0. The van der Waals surface area contributed by atoms with Crippen LogP contribution in [0.25, 0.3) is 0 Å². The molecule has 0 heterocycles. The van der Waals surface area contributed by atoms with E-state index in [2.05, 4.69) is 23.0 Å². The van der Waals surface area contributed by atoms with Crippen molar-refractivity contribution >= 4 is 15.9 Å². The van der Waals surface area contributed by atoms with E-state index in [-0.39, 0.29) is 32.7 Å². The molecule has 3 heteroatoms. The van der Waals surface area contributed by atoms with Gasteiger partial charge in [-0.25, -0.2) is 0 Å². The third kappa shape index (κ3) is 10.5. The minimum atomic E-state index is 0. The van der Waals surface area contributed by atoms with Crippen molar-refractivity contribution in [3.8, 4) is 0 Å². The second-order valence-corrected chi connectivity index (χ2v) is 2.42. The standard InChI is InChI=1S/C5H11BrN.Y/c1-7(2)5-3-4-6;/h1,3-5H2,2H3;/q-1;. The molecule has 0 aromatic rings. The van der Waals surface area contributed by atoms with E-state index in [1.54, 1.807) is 0 Å². The van der Waals surface area contributed by atoms with Crippen LogP contribution in [0.5, 0.6) is 0 Å². The predicted octanol–water partition coefficient (Wildman–Crippen LogP) is 1.49. The molecule has 0 unspecified atom stereocenters. The van der Waals surface area contributed by atoms with Crippen molar-refractivity contribution < 1.29 is 32.7 Å². The molecule has 0 saturated heterocycles. The molecule has 0 aliphatic rings. The third-order valence-electron chi connectivity index (χ3n) is 0.673. The van der Waals surface area contributed by atoms with Gasteiger partial charge in [-0.05, 0) is 20.0 Å². The van der Waals surface area contributed by atoms with Gasteiger partial charge in [0, 0.05) is 38.0 Å². The molecule has 0 bridgehead atoms. The zero-order valence-corrected chi connectivity index (χ0v) is 9.66. The quantitative estimate of drug-likeness (QED) is 0.544. The zero-order chi connectivity index (χ0) is 5.70. The summed E-state index contributed by atoms with van der Waals surface area (Å²) in [4.78, 5) is 1.93. The molecule has 47 valence electrons. The average molecular weight is 254 g/mol. The predicted molar refractivity (Wildman–Crippen MR) is 36.4 cm³/mol. The summed E-state index contributed by atoms with van der Waals surface area (Å²) in [7, 11) is 5.66. The normalized spacial score (nSPS) is 9.00. The van der Waals surface area contributed by atoms with E-state index in [4.69, 9.17) is 0 Å². The molecule has 0 aliphatic carbocycles. The largest absolute Gasteiger partial charge is 0.462 e. The van der Waals surface area contributed by atoms with Gasteiger partial charge < -0.3 is 4.90 Å². The molecule has 8 heavy (non-hydrogen) atoms. The number of alkyl halides is 1. The van der Waals surface area contributed by atoms with Gasteiger partial charge in [-0.2, -0.15) is 0 Å². The third-order valence-corrected chi connectivity index (χ3v) is 1.23. The van der Waals surface area contributed by atoms with E-state index in [0.717, 1.165) is 11.9 Å². The average Bonchev–Trinajstić information content (AvgIpc) is 1.61. The smallest absolute Gasteiger partial charge is 0.00425 e. The summed E-state index contributed by atoms with van der Waals surface area (Å²) in [5.41, 5.74) is 0. The molecule has 0 fully saturated rings. The van der Waals surface area contributed by atoms with E-state index in [1.807, 2.05) is 11.9 Å². The maximum absolute atomic E-state index is 3.69. The van der Waals surface area contributed by atoms with Gasteiger partial charge in [-0.15, -0.1) is 0 Å². The first-order valence-corrected chi connectivity index (χ1v) is 3.47. The second-order valence-electron chi connectivity index (χ2n) is 1.62. The summed E-state index contributed by atoms with van der Waals surface area (Å²) in [6.07, 6.45) is 1.18. The van der Waals surface area contributed by atoms with Crippen LogP contribution < -0.4 is 0 Å². The molecular formula is C5H11BrNY-. The minimum Gasteiger partial charge on any atom is -0.462 e. The molecule has 0 spiro atoms. The van der Waals surface area contributed by atoms with Crippen LogP contribution in [-0.4, -0.2) is 23.8 Å². The number of hydrogen-bond acceptors (Lipinski definition) is 1. The van der Waals surface area contributed by atoms with Crippen molar-refractivity contribution in [1.29, 1.82) is 0 Å². The molecule has 0 aromatic carbocycles. The Labute approximate surface area is 85.2 Å². The number of halogens is 1. The van der Waals surface area contributed by atoms with Gasteiger partial charge in [0.15, 0.2) is 0 Å². The van der Waals surface area contributed by atoms with Crippen LogP contribution in [0.15, 0.2) is 0 Å². The summed E-state index contributed by atoms with van der Waals surface area (Å²) in [6.45, 7) is 1.07. The van der Waals surface area contributed by atoms with Gasteiger partial charge in [-0.3, -0.25) is 7.05 Å². The van der Waals surface area contributed by atoms with Gasteiger partial charge in [0.25, 0.3) is 0 Å². The van der Waals surface area contributed by atoms with Gasteiger partial charge in [-0.1, -0.05) is 15.9 Å². The Kier molecular flexibility index (Phi) is 13.1.